The quantitative estimate of drug-likeness (QED) is 0.161. The van der Waals surface area contributed by atoms with Crippen molar-refractivity contribution in [2.45, 2.75) is 180 Å². The predicted octanol–water partition coefficient (Wildman–Crippen LogP) is 5.42. The van der Waals surface area contributed by atoms with E-state index in [2.05, 4.69) is 13.5 Å². The zero-order chi connectivity index (χ0) is 43.8. The van der Waals surface area contributed by atoms with Crippen molar-refractivity contribution in [3.8, 4) is 0 Å². The van der Waals surface area contributed by atoms with E-state index in [0.29, 0.717) is 56.9 Å². The monoisotopic (exact) mass is 832 g/mol. The van der Waals surface area contributed by atoms with Gasteiger partial charge in [0.15, 0.2) is 0 Å². The third-order valence-corrected chi connectivity index (χ3v) is 13.0. The Morgan fingerprint density at radius 2 is 1.64 bits per heavy atom. The standard InChI is InChI=1S/C46H73NO12/c1-11-14-33-20-27(4)19-28(5)21-39(55-9)42-40(56-10)23-30(7)46(54,59-42)43(51)44(52)47-18-13-12-15-34(47)45(53)58-41(31(8)38(25-36(33)49)57-26(2)3)29(6)22-32-16-17-35(48)37(50)24-32/h11,20,22,26,28,30-35,37-42,48,50,54H,1,12-19,21,23-25H2,2-10H3/b27-20+,29-22+/t28-,30+,31+,32-,33+,34-,35+,37+,38-,39-,40-,41+,42-,46+/m0/s1. The molecule has 0 unspecified atom stereocenters. The second kappa shape index (κ2) is 21.8. The number of aliphatic hydroxyl groups excluding tert-OH is 2. The van der Waals surface area contributed by atoms with E-state index in [4.69, 9.17) is 23.7 Å². The van der Waals surface area contributed by atoms with Crippen LogP contribution in [-0.2, 0) is 42.9 Å². The molecule has 3 fully saturated rings. The van der Waals surface area contributed by atoms with E-state index in [9.17, 15) is 34.5 Å². The average Bonchev–Trinajstić information content (AvgIpc) is 3.19. The summed E-state index contributed by atoms with van der Waals surface area (Å²) in [6.07, 6.45) is 4.58. The molecule has 13 heteroatoms. The van der Waals surface area contributed by atoms with Crippen molar-refractivity contribution in [3.63, 3.8) is 0 Å². The Hall–Kier alpha value is -2.78. The summed E-state index contributed by atoms with van der Waals surface area (Å²) in [4.78, 5) is 58.6. The van der Waals surface area contributed by atoms with Gasteiger partial charge in [0.25, 0.3) is 11.7 Å². The number of cyclic esters (lactones) is 1. The minimum atomic E-state index is -2.51. The number of ketones is 2. The van der Waals surface area contributed by atoms with Crippen LogP contribution in [0.25, 0.3) is 0 Å². The number of ether oxygens (including phenoxy) is 5. The number of methoxy groups -OCH3 is 2. The first-order chi connectivity index (χ1) is 27.8. The molecule has 13 nitrogen and oxygen atoms in total. The van der Waals surface area contributed by atoms with E-state index in [0.717, 1.165) is 5.57 Å². The molecular formula is C46H73NO12. The SMILES string of the molecule is C=CC[C@@H]1/C=C(\C)C[C@H](C)C[C@H](OC)[C@@H]2O[C@@](O)(C(=O)C(=O)N3CCCC[C@H]3C(=O)O[C@H](/C(C)=C/[C@@H]3CC[C@@H](O)[C@H](O)C3)[C@H](C)[C@@H](OC(C)C)CC1=O)[C@H](C)C[C@@H]2OC. The Balaban J connectivity index is 1.83. The van der Waals surface area contributed by atoms with E-state index in [1.165, 1.54) is 19.1 Å². The van der Waals surface area contributed by atoms with Gasteiger partial charge in [-0.1, -0.05) is 44.6 Å². The lowest BCUT2D eigenvalue weighted by Gasteiger charge is -2.47. The third-order valence-electron chi connectivity index (χ3n) is 13.0. The highest BCUT2D eigenvalue weighted by Crippen LogP contribution is 2.39. The molecule has 0 aromatic heterocycles. The van der Waals surface area contributed by atoms with Gasteiger partial charge < -0.3 is 43.9 Å². The first-order valence-corrected chi connectivity index (χ1v) is 21.9. The number of esters is 1. The van der Waals surface area contributed by atoms with Crippen molar-refractivity contribution in [3.05, 3.63) is 36.0 Å². The Kier molecular flexibility index (Phi) is 18.1. The first-order valence-electron chi connectivity index (χ1n) is 21.9. The molecular weight excluding hydrogens is 759 g/mol. The molecule has 3 N–H and O–H groups in total. The van der Waals surface area contributed by atoms with Gasteiger partial charge in [0.1, 0.15) is 24.0 Å². The van der Waals surface area contributed by atoms with Crippen molar-refractivity contribution >= 4 is 23.4 Å². The number of fused-ring (bicyclic) bond motifs is 3. The number of allylic oxidation sites excluding steroid dienone is 4. The minimum absolute atomic E-state index is 0.0223. The van der Waals surface area contributed by atoms with E-state index in [1.807, 2.05) is 46.8 Å². The molecule has 1 amide bonds. The smallest absolute Gasteiger partial charge is 0.329 e. The number of aliphatic hydroxyl groups is 3. The van der Waals surface area contributed by atoms with Crippen LogP contribution >= 0.6 is 0 Å². The van der Waals surface area contributed by atoms with Gasteiger partial charge in [0.05, 0.1) is 36.6 Å². The maximum Gasteiger partial charge on any atom is 0.329 e. The highest BCUT2D eigenvalue weighted by atomic mass is 16.7. The Bertz CT molecular complexity index is 1530. The van der Waals surface area contributed by atoms with Gasteiger partial charge in [-0.05, 0) is 109 Å². The molecule has 3 heterocycles. The normalized spacial score (nSPS) is 40.1. The summed E-state index contributed by atoms with van der Waals surface area (Å²) in [7, 11) is 3.07. The molecule has 334 valence electrons. The van der Waals surface area contributed by atoms with Gasteiger partial charge in [-0.3, -0.25) is 14.4 Å². The topological polar surface area (TPSA) is 178 Å². The number of carbonyl (C=O) groups excluding carboxylic acids is 4. The Morgan fingerprint density at radius 3 is 2.27 bits per heavy atom. The van der Waals surface area contributed by atoms with Crippen LogP contribution in [0, 0.1) is 29.6 Å². The molecule has 2 bridgehead atoms. The average molecular weight is 832 g/mol. The maximum absolute atomic E-state index is 14.5. The van der Waals surface area contributed by atoms with Crippen LogP contribution in [0.15, 0.2) is 36.0 Å². The summed E-state index contributed by atoms with van der Waals surface area (Å²) >= 11 is 0. The second-order valence-corrected chi connectivity index (χ2v) is 18.2. The molecule has 3 aliphatic heterocycles. The molecule has 0 spiro atoms. The summed E-state index contributed by atoms with van der Waals surface area (Å²) in [5, 5.41) is 32.8. The first kappa shape index (κ1) is 48.9. The molecule has 59 heavy (non-hydrogen) atoms. The molecule has 0 aromatic carbocycles. The van der Waals surface area contributed by atoms with Gasteiger partial charge in [0, 0.05) is 44.9 Å². The van der Waals surface area contributed by atoms with Crippen LogP contribution in [0.1, 0.15) is 119 Å². The van der Waals surface area contributed by atoms with Gasteiger partial charge in [-0.25, -0.2) is 4.79 Å². The summed E-state index contributed by atoms with van der Waals surface area (Å²) in [6, 6.07) is -1.13. The summed E-state index contributed by atoms with van der Waals surface area (Å²) < 4.78 is 30.9. The van der Waals surface area contributed by atoms with Gasteiger partial charge in [-0.2, -0.15) is 0 Å². The summed E-state index contributed by atoms with van der Waals surface area (Å²) in [6.45, 7) is 17.2. The Labute approximate surface area is 351 Å². The zero-order valence-corrected chi connectivity index (χ0v) is 37.0. The zero-order valence-electron chi connectivity index (χ0n) is 37.0. The van der Waals surface area contributed by atoms with Crippen LogP contribution in [0.2, 0.25) is 0 Å². The number of hydrogen-bond acceptors (Lipinski definition) is 12. The molecule has 4 rings (SSSR count). The van der Waals surface area contributed by atoms with Gasteiger partial charge in [0.2, 0.25) is 5.79 Å². The number of nitrogens with zero attached hydrogens (tertiary/aromatic N) is 1. The van der Waals surface area contributed by atoms with E-state index < -0.39 is 90.0 Å². The van der Waals surface area contributed by atoms with Crippen LogP contribution in [0.4, 0.5) is 0 Å². The summed E-state index contributed by atoms with van der Waals surface area (Å²) in [5.41, 5.74) is 1.68. The maximum atomic E-state index is 14.5. The lowest BCUT2D eigenvalue weighted by Crippen LogP contribution is -2.64. The largest absolute Gasteiger partial charge is 0.456 e. The van der Waals surface area contributed by atoms with E-state index in [-0.39, 0.29) is 49.5 Å². The number of hydrogen-bond donors (Lipinski definition) is 3. The fourth-order valence-corrected chi connectivity index (χ4v) is 9.70. The molecule has 2 saturated heterocycles. The fraction of sp³-hybridized carbons (Fsp3) is 0.783. The minimum Gasteiger partial charge on any atom is -0.456 e. The molecule has 1 aliphatic carbocycles. The third kappa shape index (κ3) is 12.2. The van der Waals surface area contributed by atoms with Crippen molar-refractivity contribution < 1.29 is 58.2 Å². The van der Waals surface area contributed by atoms with Crippen molar-refractivity contribution in [2.75, 3.05) is 20.8 Å². The van der Waals surface area contributed by atoms with Crippen LogP contribution in [0.3, 0.4) is 0 Å². The van der Waals surface area contributed by atoms with Crippen molar-refractivity contribution in [2.24, 2.45) is 29.6 Å². The Morgan fingerprint density at radius 1 is 0.966 bits per heavy atom. The number of Topliss-reactive ketones (excluding diaryl/α,β-unsaturated/α-hetero) is 2. The van der Waals surface area contributed by atoms with Gasteiger partial charge in [-0.15, -0.1) is 6.58 Å². The highest BCUT2D eigenvalue weighted by Gasteiger charge is 2.56. The van der Waals surface area contributed by atoms with E-state index in [1.54, 1.807) is 13.0 Å². The molecule has 4 aliphatic rings. The predicted molar refractivity (Wildman–Crippen MR) is 222 cm³/mol. The molecule has 0 aromatic rings. The number of rotatable bonds is 8. The van der Waals surface area contributed by atoms with Gasteiger partial charge >= 0.3 is 5.97 Å². The fourth-order valence-electron chi connectivity index (χ4n) is 9.70. The molecule has 0 radical (unpaired) electrons. The highest BCUT2D eigenvalue weighted by molar-refractivity contribution is 6.39. The van der Waals surface area contributed by atoms with Crippen LogP contribution < -0.4 is 0 Å². The number of piperidine rings is 1. The lowest BCUT2D eigenvalue weighted by atomic mass is 9.81. The lowest BCUT2D eigenvalue weighted by molar-refractivity contribution is -0.302. The van der Waals surface area contributed by atoms with E-state index >= 15 is 0 Å². The van der Waals surface area contributed by atoms with Crippen LogP contribution in [-0.4, -0.2) is 125 Å². The van der Waals surface area contributed by atoms with Crippen LogP contribution in [0.5, 0.6) is 0 Å². The second-order valence-electron chi connectivity index (χ2n) is 18.2. The molecule has 14 atom stereocenters. The number of carbonyl (C=O) groups is 4. The number of amides is 1. The summed E-state index contributed by atoms with van der Waals surface area (Å²) in [5.74, 6) is -7.39. The van der Waals surface area contributed by atoms with Crippen molar-refractivity contribution in [1.29, 1.82) is 0 Å². The molecule has 1 saturated carbocycles. The van der Waals surface area contributed by atoms with Crippen molar-refractivity contribution in [1.82, 2.24) is 4.90 Å².